The molecule has 2 aliphatic rings. The Kier molecular flexibility index (Phi) is 5.21. The summed E-state index contributed by atoms with van der Waals surface area (Å²) in [4.78, 5) is 4.86. The lowest BCUT2D eigenvalue weighted by molar-refractivity contribution is 0.165. The molecule has 1 saturated carbocycles. The Morgan fingerprint density at radius 3 is 2.56 bits per heavy atom. The van der Waals surface area contributed by atoms with E-state index in [1.165, 1.54) is 19.4 Å². The van der Waals surface area contributed by atoms with E-state index in [1.807, 2.05) is 0 Å². The number of nitrogens with zero attached hydrogens (tertiary/aromatic N) is 2. The molecule has 1 heterocycles. The zero-order valence-corrected chi connectivity index (χ0v) is 12.3. The molecule has 1 aliphatic heterocycles. The summed E-state index contributed by atoms with van der Waals surface area (Å²) in [5, 5.41) is 4.21. The van der Waals surface area contributed by atoms with E-state index in [1.54, 1.807) is 7.11 Å². The van der Waals surface area contributed by atoms with Gasteiger partial charge in [-0.3, -0.25) is 4.90 Å². The first-order chi connectivity index (χ1) is 8.69. The highest BCUT2D eigenvalue weighted by Gasteiger charge is 2.26. The van der Waals surface area contributed by atoms with E-state index in [-0.39, 0.29) is 6.04 Å². The largest absolute Gasteiger partial charge is 0.383 e. The second kappa shape index (κ2) is 6.68. The van der Waals surface area contributed by atoms with Crippen molar-refractivity contribution in [2.24, 2.45) is 5.92 Å². The zero-order chi connectivity index (χ0) is 13.0. The van der Waals surface area contributed by atoms with E-state index < -0.39 is 0 Å². The third-order valence-corrected chi connectivity index (χ3v) is 4.04. The number of ether oxygens (including phenoxy) is 1. The van der Waals surface area contributed by atoms with Crippen LogP contribution in [0, 0.1) is 5.92 Å². The number of hydrogen-bond acceptors (Lipinski definition) is 3. The Morgan fingerprint density at radius 1 is 1.33 bits per heavy atom. The average Bonchev–Trinajstić information content (AvgIpc) is 3.14. The minimum absolute atomic E-state index is 0.284. The molecule has 0 amide bonds. The van der Waals surface area contributed by atoms with E-state index in [4.69, 9.17) is 17.0 Å². The van der Waals surface area contributed by atoms with E-state index in [9.17, 15) is 0 Å². The molecule has 0 aromatic heterocycles. The van der Waals surface area contributed by atoms with E-state index in [0.717, 1.165) is 37.2 Å². The van der Waals surface area contributed by atoms with Crippen molar-refractivity contribution in [3.05, 3.63) is 0 Å². The van der Waals surface area contributed by atoms with Crippen LogP contribution in [0.4, 0.5) is 0 Å². The summed E-state index contributed by atoms with van der Waals surface area (Å²) in [6, 6.07) is 0.284. The fraction of sp³-hybridized carbons (Fsp3) is 0.923. The standard InChI is InChI=1S/C13H25N3OS/c1-11(10-17-2)14-13(18)16-7-5-15(6-8-16)9-12-3-4-12/h11-12H,3-10H2,1-2H3,(H,14,18). The zero-order valence-electron chi connectivity index (χ0n) is 11.5. The minimum Gasteiger partial charge on any atom is -0.383 e. The van der Waals surface area contributed by atoms with Gasteiger partial charge >= 0.3 is 0 Å². The molecule has 18 heavy (non-hydrogen) atoms. The molecule has 0 aromatic rings. The lowest BCUT2D eigenvalue weighted by Crippen LogP contribution is -2.53. The third kappa shape index (κ3) is 4.37. The van der Waals surface area contributed by atoms with E-state index in [0.29, 0.717) is 6.61 Å². The quantitative estimate of drug-likeness (QED) is 0.751. The van der Waals surface area contributed by atoms with Crippen molar-refractivity contribution >= 4 is 17.3 Å². The molecule has 5 heteroatoms. The topological polar surface area (TPSA) is 27.7 Å². The van der Waals surface area contributed by atoms with Crippen molar-refractivity contribution in [1.82, 2.24) is 15.1 Å². The van der Waals surface area contributed by atoms with Crippen LogP contribution in [0.15, 0.2) is 0 Å². The Labute approximate surface area is 116 Å². The number of methoxy groups -OCH3 is 1. The minimum atomic E-state index is 0.284. The summed E-state index contributed by atoms with van der Waals surface area (Å²) in [6.45, 7) is 8.50. The highest BCUT2D eigenvalue weighted by Crippen LogP contribution is 2.29. The van der Waals surface area contributed by atoms with Gasteiger partial charge < -0.3 is 15.0 Å². The van der Waals surface area contributed by atoms with E-state index >= 15 is 0 Å². The first-order valence-corrected chi connectivity index (χ1v) is 7.36. The fourth-order valence-corrected chi connectivity index (χ4v) is 2.78. The molecular formula is C13H25N3OS. The fourth-order valence-electron chi connectivity index (χ4n) is 2.39. The molecule has 2 fully saturated rings. The van der Waals surface area contributed by atoms with Crippen LogP contribution in [0.25, 0.3) is 0 Å². The third-order valence-electron chi connectivity index (χ3n) is 3.66. The first-order valence-electron chi connectivity index (χ1n) is 6.95. The molecule has 2 rings (SSSR count). The van der Waals surface area contributed by atoms with Crippen LogP contribution in [-0.2, 0) is 4.74 Å². The van der Waals surface area contributed by atoms with Crippen LogP contribution in [0.2, 0.25) is 0 Å². The monoisotopic (exact) mass is 271 g/mol. The second-order valence-corrected chi connectivity index (χ2v) is 5.92. The van der Waals surface area contributed by atoms with Gasteiger partial charge in [0, 0.05) is 45.9 Å². The highest BCUT2D eigenvalue weighted by atomic mass is 32.1. The lowest BCUT2D eigenvalue weighted by atomic mass is 10.3. The van der Waals surface area contributed by atoms with Gasteiger partial charge in [0.25, 0.3) is 0 Å². The summed E-state index contributed by atoms with van der Waals surface area (Å²) < 4.78 is 5.11. The van der Waals surface area contributed by atoms with Gasteiger partial charge in [-0.2, -0.15) is 0 Å². The molecule has 1 N–H and O–H groups in total. The van der Waals surface area contributed by atoms with Crippen molar-refractivity contribution in [2.45, 2.75) is 25.8 Å². The van der Waals surface area contributed by atoms with Crippen molar-refractivity contribution in [1.29, 1.82) is 0 Å². The van der Waals surface area contributed by atoms with Gasteiger partial charge in [-0.05, 0) is 37.9 Å². The lowest BCUT2D eigenvalue weighted by Gasteiger charge is -2.37. The summed E-state index contributed by atoms with van der Waals surface area (Å²) in [5.41, 5.74) is 0. The number of nitrogens with one attached hydrogen (secondary N) is 1. The number of rotatable bonds is 5. The van der Waals surface area contributed by atoms with Gasteiger partial charge in [0.1, 0.15) is 0 Å². The Balaban J connectivity index is 1.66. The summed E-state index contributed by atoms with van der Waals surface area (Å²) in [5.74, 6) is 0.989. The summed E-state index contributed by atoms with van der Waals surface area (Å²) in [6.07, 6.45) is 2.88. The molecule has 1 atom stereocenters. The molecule has 1 unspecified atom stereocenters. The predicted octanol–water partition coefficient (Wildman–Crippen LogP) is 0.923. The normalized spacial score (nSPS) is 22.9. The van der Waals surface area contributed by atoms with Gasteiger partial charge in [0.05, 0.1) is 6.61 Å². The highest BCUT2D eigenvalue weighted by molar-refractivity contribution is 7.80. The maximum absolute atomic E-state index is 5.44. The van der Waals surface area contributed by atoms with Crippen LogP contribution in [0.3, 0.4) is 0 Å². The maximum atomic E-state index is 5.44. The maximum Gasteiger partial charge on any atom is 0.169 e. The van der Waals surface area contributed by atoms with Crippen molar-refractivity contribution in [3.63, 3.8) is 0 Å². The molecule has 1 saturated heterocycles. The van der Waals surface area contributed by atoms with Crippen LogP contribution in [0.1, 0.15) is 19.8 Å². The summed E-state index contributed by atoms with van der Waals surface area (Å²) >= 11 is 5.44. The smallest absolute Gasteiger partial charge is 0.169 e. The molecule has 0 aromatic carbocycles. The Morgan fingerprint density at radius 2 is 2.00 bits per heavy atom. The number of thiocarbonyl (C=S) groups is 1. The second-order valence-electron chi connectivity index (χ2n) is 5.54. The molecule has 0 spiro atoms. The number of hydrogen-bond donors (Lipinski definition) is 1. The average molecular weight is 271 g/mol. The molecule has 4 nitrogen and oxygen atoms in total. The molecule has 0 bridgehead atoms. The molecule has 104 valence electrons. The van der Waals surface area contributed by atoms with E-state index in [2.05, 4.69) is 22.0 Å². The SMILES string of the molecule is COCC(C)NC(=S)N1CCN(CC2CC2)CC1. The number of piperazine rings is 1. The van der Waals surface area contributed by atoms with Crippen LogP contribution in [-0.4, -0.2) is 67.4 Å². The Hall–Kier alpha value is -0.390. The van der Waals surface area contributed by atoms with Crippen molar-refractivity contribution < 1.29 is 4.74 Å². The van der Waals surface area contributed by atoms with Crippen molar-refractivity contribution in [3.8, 4) is 0 Å². The van der Waals surface area contributed by atoms with Gasteiger partial charge in [0.2, 0.25) is 0 Å². The summed E-state index contributed by atoms with van der Waals surface area (Å²) in [7, 11) is 1.72. The van der Waals surface area contributed by atoms with Gasteiger partial charge in [-0.25, -0.2) is 0 Å². The van der Waals surface area contributed by atoms with Gasteiger partial charge in [0.15, 0.2) is 5.11 Å². The molecule has 1 aliphatic carbocycles. The van der Waals surface area contributed by atoms with Crippen molar-refractivity contribution in [2.75, 3.05) is 46.4 Å². The van der Waals surface area contributed by atoms with Crippen LogP contribution >= 0.6 is 12.2 Å². The predicted molar refractivity (Wildman–Crippen MR) is 77.8 cm³/mol. The van der Waals surface area contributed by atoms with Crippen LogP contribution in [0.5, 0.6) is 0 Å². The molecular weight excluding hydrogens is 246 g/mol. The van der Waals surface area contributed by atoms with Crippen LogP contribution < -0.4 is 5.32 Å². The molecule has 0 radical (unpaired) electrons. The first kappa shape index (κ1) is 14.0. The van der Waals surface area contributed by atoms with Gasteiger partial charge in [-0.1, -0.05) is 0 Å². The van der Waals surface area contributed by atoms with Gasteiger partial charge in [-0.15, -0.1) is 0 Å². The Bertz CT molecular complexity index is 275.